The molecule has 14 heteroatoms. The molecule has 4 aromatic rings. The van der Waals surface area contributed by atoms with Crippen molar-refractivity contribution in [1.29, 1.82) is 0 Å². The highest BCUT2D eigenvalue weighted by atomic mass is 19.1. The van der Waals surface area contributed by atoms with E-state index in [4.69, 9.17) is 4.74 Å². The van der Waals surface area contributed by atoms with Gasteiger partial charge in [-0.15, -0.1) is 5.10 Å². The number of nitrogens with zero attached hydrogens (tertiary/aromatic N) is 8. The Hall–Kier alpha value is -4.85. The third kappa shape index (κ3) is 6.55. The Balaban J connectivity index is 1.16. The van der Waals surface area contributed by atoms with Gasteiger partial charge in [0, 0.05) is 87.9 Å². The molecule has 3 aromatic heterocycles. The van der Waals surface area contributed by atoms with Crippen molar-refractivity contribution in [2.24, 2.45) is 5.92 Å². The first-order chi connectivity index (χ1) is 24.2. The van der Waals surface area contributed by atoms with Crippen molar-refractivity contribution in [2.45, 2.75) is 38.6 Å². The van der Waals surface area contributed by atoms with Crippen LogP contribution in [0.2, 0.25) is 0 Å². The van der Waals surface area contributed by atoms with Gasteiger partial charge >= 0.3 is 0 Å². The third-order valence-corrected chi connectivity index (χ3v) is 10.4. The van der Waals surface area contributed by atoms with Crippen molar-refractivity contribution < 1.29 is 23.1 Å². The van der Waals surface area contributed by atoms with Crippen LogP contribution in [0, 0.1) is 17.6 Å². The first-order valence-corrected chi connectivity index (χ1v) is 17.3. The Morgan fingerprint density at radius 2 is 1.88 bits per heavy atom. The summed E-state index contributed by atoms with van der Waals surface area (Å²) in [6.07, 6.45) is 8.38. The number of nitrogens with one attached hydrogen (secondary N) is 1. The minimum absolute atomic E-state index is 0.0159. The molecular formula is C36H43F2N9O3. The number of ether oxygens (including phenoxy) is 1. The summed E-state index contributed by atoms with van der Waals surface area (Å²) in [5.41, 5.74) is 2.93. The van der Waals surface area contributed by atoms with Crippen LogP contribution in [-0.4, -0.2) is 118 Å². The first-order valence-electron chi connectivity index (χ1n) is 17.3. The first kappa shape index (κ1) is 33.6. The molecule has 2 atom stereocenters. The number of carbonyl (C=O) groups excluding carboxylic acids is 2. The number of H-pyrrole nitrogens is 1. The molecule has 1 N–H and O–H groups in total. The van der Waals surface area contributed by atoms with Crippen LogP contribution in [0.1, 0.15) is 53.7 Å². The van der Waals surface area contributed by atoms with Crippen LogP contribution < -0.4 is 9.64 Å². The van der Waals surface area contributed by atoms with E-state index in [1.165, 1.54) is 13.2 Å². The number of aromatic nitrogens is 5. The second kappa shape index (κ2) is 14.2. The summed E-state index contributed by atoms with van der Waals surface area (Å²) >= 11 is 0. The van der Waals surface area contributed by atoms with Gasteiger partial charge in [-0.2, -0.15) is 0 Å². The van der Waals surface area contributed by atoms with Gasteiger partial charge in [-0.25, -0.2) is 13.8 Å². The van der Waals surface area contributed by atoms with Crippen LogP contribution in [-0.2, 0) is 11.3 Å². The van der Waals surface area contributed by atoms with Gasteiger partial charge in [0.1, 0.15) is 11.5 Å². The minimum Gasteiger partial charge on any atom is -0.493 e. The zero-order chi connectivity index (χ0) is 34.9. The van der Waals surface area contributed by atoms with Gasteiger partial charge in [0.05, 0.1) is 31.6 Å². The van der Waals surface area contributed by atoms with Gasteiger partial charge in [0.2, 0.25) is 5.91 Å². The standard InChI is InChI=1S/C36H43F2N9O3/c1-4-23-20-43(2)22-29(23)27-17-26(24-6-5-9-46(21-24)32(48)7-10-47-11-8-40-42-47)33(38)34-28(27)18-30(41-34)36(49)45-14-12-44(13-15-45)35-31(50-3)16-25(37)19-39-35/h6,8,11,16-19,23,29,41H,4-5,7,9-10,12-15,20-22H2,1-3H3/t23?,29-/m0/s1. The minimum atomic E-state index is -0.479. The fraction of sp³-hybridized carbons (Fsp3) is 0.472. The molecule has 0 radical (unpaired) electrons. The number of aryl methyl sites for hydroxylation is 1. The lowest BCUT2D eigenvalue weighted by molar-refractivity contribution is -0.131. The molecular weight excluding hydrogens is 644 g/mol. The highest BCUT2D eigenvalue weighted by molar-refractivity contribution is 6.00. The van der Waals surface area contributed by atoms with Gasteiger partial charge in [-0.05, 0) is 42.7 Å². The van der Waals surface area contributed by atoms with Crippen molar-refractivity contribution >= 4 is 34.1 Å². The molecule has 0 saturated carbocycles. The number of aromatic amines is 1. The number of pyridine rings is 1. The maximum atomic E-state index is 16.7. The van der Waals surface area contributed by atoms with Crippen LogP contribution in [0.25, 0.3) is 16.5 Å². The van der Waals surface area contributed by atoms with E-state index in [1.807, 2.05) is 23.1 Å². The number of rotatable bonds is 9. The van der Waals surface area contributed by atoms with E-state index >= 15 is 4.39 Å². The average molecular weight is 688 g/mol. The van der Waals surface area contributed by atoms with E-state index in [0.717, 1.165) is 42.2 Å². The van der Waals surface area contributed by atoms with Crippen LogP contribution >= 0.6 is 0 Å². The molecule has 0 aliphatic carbocycles. The highest BCUT2D eigenvalue weighted by Gasteiger charge is 2.35. The quantitative estimate of drug-likeness (QED) is 0.279. The van der Waals surface area contributed by atoms with E-state index in [1.54, 1.807) is 26.9 Å². The lowest BCUT2D eigenvalue weighted by atomic mass is 9.83. The maximum Gasteiger partial charge on any atom is 0.270 e. The van der Waals surface area contributed by atoms with E-state index < -0.39 is 11.6 Å². The molecule has 7 rings (SSSR count). The molecule has 0 bridgehead atoms. The van der Waals surface area contributed by atoms with Crippen LogP contribution in [0.5, 0.6) is 5.75 Å². The number of likely N-dealkylation sites (N-methyl/N-ethyl adjacent to an activating group) is 1. The van der Waals surface area contributed by atoms with Crippen LogP contribution in [0.15, 0.2) is 42.9 Å². The van der Waals surface area contributed by atoms with Crippen molar-refractivity contribution in [3.63, 3.8) is 0 Å². The third-order valence-electron chi connectivity index (χ3n) is 10.4. The molecule has 2 saturated heterocycles. The van der Waals surface area contributed by atoms with E-state index in [0.29, 0.717) is 86.5 Å². The molecule has 3 aliphatic heterocycles. The van der Waals surface area contributed by atoms with Crippen molar-refractivity contribution in [3.8, 4) is 5.75 Å². The number of halogens is 2. The normalized spacial score (nSPS) is 20.1. The Morgan fingerprint density at radius 3 is 2.62 bits per heavy atom. The molecule has 6 heterocycles. The van der Waals surface area contributed by atoms with Gasteiger partial charge in [-0.3, -0.25) is 14.3 Å². The monoisotopic (exact) mass is 687 g/mol. The van der Waals surface area contributed by atoms with Crippen LogP contribution in [0.3, 0.4) is 0 Å². The van der Waals surface area contributed by atoms with Gasteiger partial charge in [0.25, 0.3) is 5.91 Å². The molecule has 2 fully saturated rings. The molecule has 1 unspecified atom stereocenters. The van der Waals surface area contributed by atoms with Crippen LogP contribution in [0.4, 0.5) is 14.6 Å². The lowest BCUT2D eigenvalue weighted by Gasteiger charge is -2.35. The van der Waals surface area contributed by atoms with Gasteiger partial charge in [0.15, 0.2) is 17.4 Å². The molecule has 1 aromatic carbocycles. The number of methoxy groups -OCH3 is 1. The number of likely N-dealkylation sites (tertiary alicyclic amines) is 1. The smallest absolute Gasteiger partial charge is 0.270 e. The lowest BCUT2D eigenvalue weighted by Crippen LogP contribution is -2.49. The number of carbonyl (C=O) groups is 2. The summed E-state index contributed by atoms with van der Waals surface area (Å²) in [4.78, 5) is 42.4. The Morgan fingerprint density at radius 1 is 1.06 bits per heavy atom. The molecule has 50 heavy (non-hydrogen) atoms. The van der Waals surface area contributed by atoms with Gasteiger partial charge in [-0.1, -0.05) is 24.6 Å². The maximum absolute atomic E-state index is 16.7. The Bertz CT molecular complexity index is 1900. The number of hydrogen-bond donors (Lipinski definition) is 1. The summed E-state index contributed by atoms with van der Waals surface area (Å²) < 4.78 is 37.4. The predicted octanol–water partition coefficient (Wildman–Crippen LogP) is 4.16. The zero-order valence-corrected chi connectivity index (χ0v) is 28.7. The second-order valence-electron chi connectivity index (χ2n) is 13.5. The number of hydrogen-bond acceptors (Lipinski definition) is 8. The zero-order valence-electron chi connectivity index (χ0n) is 28.7. The number of fused-ring (bicyclic) bond motifs is 1. The summed E-state index contributed by atoms with van der Waals surface area (Å²) in [6.45, 7) is 7.07. The largest absolute Gasteiger partial charge is 0.493 e. The SMILES string of the molecule is CCC1CN(C)C[C@@H]1c1cc(C2=CCCN(C(=O)CCn3ccnn3)C2)c(F)c2[nH]c(C(=O)N3CCN(c4ncc(F)cc4OC)CC3)cc12. The number of anilines is 1. The Kier molecular flexibility index (Phi) is 9.54. The van der Waals surface area contributed by atoms with E-state index in [2.05, 4.69) is 39.2 Å². The average Bonchev–Trinajstić information content (AvgIpc) is 3.91. The van der Waals surface area contributed by atoms with Crippen molar-refractivity contribution in [3.05, 3.63) is 71.3 Å². The summed E-state index contributed by atoms with van der Waals surface area (Å²) in [6, 6.07) is 5.09. The van der Waals surface area contributed by atoms with Gasteiger partial charge < -0.3 is 29.3 Å². The van der Waals surface area contributed by atoms with E-state index in [9.17, 15) is 14.0 Å². The number of amides is 2. The van der Waals surface area contributed by atoms with Crippen molar-refractivity contribution in [1.82, 2.24) is 39.7 Å². The number of piperazine rings is 1. The second-order valence-corrected chi connectivity index (χ2v) is 13.5. The summed E-state index contributed by atoms with van der Waals surface area (Å²) in [5.74, 6) is 0.311. The number of benzene rings is 1. The highest BCUT2D eigenvalue weighted by Crippen LogP contribution is 2.41. The van der Waals surface area contributed by atoms with Crippen molar-refractivity contribution in [2.75, 3.05) is 71.4 Å². The molecule has 3 aliphatic rings. The summed E-state index contributed by atoms with van der Waals surface area (Å²) in [7, 11) is 3.59. The topological polar surface area (TPSA) is 116 Å². The molecule has 12 nitrogen and oxygen atoms in total. The summed E-state index contributed by atoms with van der Waals surface area (Å²) in [5, 5.41) is 8.48. The predicted molar refractivity (Wildman–Crippen MR) is 185 cm³/mol. The molecule has 0 spiro atoms. The Labute approximate surface area is 289 Å². The van der Waals surface area contributed by atoms with E-state index in [-0.39, 0.29) is 24.2 Å². The fourth-order valence-electron chi connectivity index (χ4n) is 7.76. The fourth-order valence-corrected chi connectivity index (χ4v) is 7.76. The molecule has 2 amide bonds. The molecule has 264 valence electrons.